The van der Waals surface area contributed by atoms with Gasteiger partial charge >= 0.3 is 5.97 Å². The standard InChI is InChI=1S/C25H23N5O6S/c1-2-35-24(33)16-5-3-4-15(12-16)19-7-6-17(36-19)13-18-22(26)30-25(27-23(18)32)37-20(28-30)14-21(31)29-8-10-34-11-9-29/h3-7,12-13,26H,2,8-11,14H2,1H3/b18-13+,26-22?. The van der Waals surface area contributed by atoms with Crippen LogP contribution >= 0.6 is 11.8 Å². The lowest BCUT2D eigenvalue weighted by molar-refractivity contribution is -0.133. The van der Waals surface area contributed by atoms with E-state index in [0.29, 0.717) is 54.0 Å². The number of esters is 1. The third-order valence-electron chi connectivity index (χ3n) is 5.73. The number of thioether (sulfide) groups is 1. The third kappa shape index (κ3) is 5.25. The summed E-state index contributed by atoms with van der Waals surface area (Å²) in [6.45, 7) is 4.08. The molecule has 3 aliphatic rings. The Morgan fingerprint density at radius 2 is 2.03 bits per heavy atom. The number of hydrazone groups is 1. The van der Waals surface area contributed by atoms with Crippen molar-refractivity contribution in [2.45, 2.75) is 13.3 Å². The highest BCUT2D eigenvalue weighted by Gasteiger charge is 2.36. The number of ether oxygens (including phenoxy) is 2. The Morgan fingerprint density at radius 1 is 1.22 bits per heavy atom. The lowest BCUT2D eigenvalue weighted by atomic mass is 10.1. The van der Waals surface area contributed by atoms with Crippen molar-refractivity contribution in [3.05, 3.63) is 53.3 Å². The van der Waals surface area contributed by atoms with E-state index in [1.54, 1.807) is 48.2 Å². The van der Waals surface area contributed by atoms with E-state index in [9.17, 15) is 14.4 Å². The third-order valence-corrected chi connectivity index (χ3v) is 6.64. The predicted octanol–water partition coefficient (Wildman–Crippen LogP) is 2.99. The lowest BCUT2D eigenvalue weighted by Crippen LogP contribution is -2.41. The molecule has 1 N–H and O–H groups in total. The molecule has 11 nitrogen and oxygen atoms in total. The summed E-state index contributed by atoms with van der Waals surface area (Å²) >= 11 is 1.11. The van der Waals surface area contributed by atoms with Crippen molar-refractivity contribution >= 4 is 51.7 Å². The summed E-state index contributed by atoms with van der Waals surface area (Å²) in [5.41, 5.74) is 1.07. The number of amidine groups is 2. The molecule has 37 heavy (non-hydrogen) atoms. The lowest BCUT2D eigenvalue weighted by Gasteiger charge is -2.26. The zero-order chi connectivity index (χ0) is 25.9. The van der Waals surface area contributed by atoms with E-state index in [-0.39, 0.29) is 35.5 Å². The Morgan fingerprint density at radius 3 is 2.81 bits per heavy atom. The Bertz CT molecular complexity index is 1370. The summed E-state index contributed by atoms with van der Waals surface area (Å²) in [6, 6.07) is 10.2. The molecule has 0 radical (unpaired) electrons. The second-order valence-corrected chi connectivity index (χ2v) is 9.23. The van der Waals surface area contributed by atoms with Gasteiger partial charge in [0, 0.05) is 18.7 Å². The number of morpholine rings is 1. The molecular formula is C25H23N5O6S. The van der Waals surface area contributed by atoms with Crippen LogP contribution in [0.5, 0.6) is 0 Å². The van der Waals surface area contributed by atoms with Crippen LogP contribution in [0.25, 0.3) is 17.4 Å². The van der Waals surface area contributed by atoms with Crippen molar-refractivity contribution in [3.8, 4) is 11.3 Å². The van der Waals surface area contributed by atoms with Crippen LogP contribution in [0.15, 0.2) is 56.5 Å². The average molecular weight is 522 g/mol. The Hall–Kier alpha value is -4.03. The van der Waals surface area contributed by atoms with Gasteiger partial charge in [-0.05, 0) is 49.0 Å². The number of benzene rings is 1. The second-order valence-electron chi connectivity index (χ2n) is 8.19. The fraction of sp³-hybridized carbons (Fsp3) is 0.280. The molecule has 0 unspecified atom stereocenters. The van der Waals surface area contributed by atoms with Crippen LogP contribution in [0, 0.1) is 5.41 Å². The first-order chi connectivity index (χ1) is 17.9. The molecule has 1 aromatic carbocycles. The zero-order valence-electron chi connectivity index (χ0n) is 19.9. The summed E-state index contributed by atoms with van der Waals surface area (Å²) < 4.78 is 16.2. The maximum atomic E-state index is 12.7. The maximum absolute atomic E-state index is 12.7. The molecule has 1 aromatic heterocycles. The highest BCUT2D eigenvalue weighted by Crippen LogP contribution is 2.31. The van der Waals surface area contributed by atoms with Gasteiger partial charge in [-0.15, -0.1) is 0 Å². The zero-order valence-corrected chi connectivity index (χ0v) is 20.7. The van der Waals surface area contributed by atoms with Crippen LogP contribution in [0.4, 0.5) is 0 Å². The first-order valence-electron chi connectivity index (χ1n) is 11.6. The van der Waals surface area contributed by atoms with Gasteiger partial charge in [0.2, 0.25) is 11.1 Å². The van der Waals surface area contributed by atoms with Crippen molar-refractivity contribution in [3.63, 3.8) is 0 Å². The summed E-state index contributed by atoms with van der Waals surface area (Å²) in [4.78, 5) is 43.1. The minimum Gasteiger partial charge on any atom is -0.462 e. The van der Waals surface area contributed by atoms with Crippen molar-refractivity contribution < 1.29 is 28.3 Å². The van der Waals surface area contributed by atoms with Crippen molar-refractivity contribution in [1.82, 2.24) is 9.91 Å². The number of amides is 2. The van der Waals surface area contributed by atoms with E-state index in [1.807, 2.05) is 0 Å². The van der Waals surface area contributed by atoms with E-state index in [0.717, 1.165) is 11.8 Å². The number of carbonyl (C=O) groups excluding carboxylic acids is 3. The number of hydrogen-bond acceptors (Lipinski definition) is 9. The first-order valence-corrected chi connectivity index (χ1v) is 12.5. The SMILES string of the molecule is CCOC(=O)c1cccc(-c2ccc(/C=C3\C(=N)N4N=C(CC(=O)N5CCOCC5)SC4=NC3=O)o2)c1. The normalized spacial score (nSPS) is 18.6. The number of aliphatic imine (C=N–C) groups is 1. The fourth-order valence-electron chi connectivity index (χ4n) is 3.90. The molecule has 0 aliphatic carbocycles. The molecule has 2 amide bonds. The van der Waals surface area contributed by atoms with Crippen LogP contribution in [-0.4, -0.2) is 76.6 Å². The smallest absolute Gasteiger partial charge is 0.338 e. The van der Waals surface area contributed by atoms with Crippen LogP contribution in [-0.2, 0) is 19.1 Å². The number of furan rings is 1. The fourth-order valence-corrected chi connectivity index (χ4v) is 4.77. The van der Waals surface area contributed by atoms with Gasteiger partial charge in [-0.1, -0.05) is 12.1 Å². The largest absolute Gasteiger partial charge is 0.462 e. The molecule has 1 fully saturated rings. The van der Waals surface area contributed by atoms with Crippen LogP contribution in [0.2, 0.25) is 0 Å². The predicted molar refractivity (Wildman–Crippen MR) is 137 cm³/mol. The van der Waals surface area contributed by atoms with Gasteiger partial charge < -0.3 is 18.8 Å². The van der Waals surface area contributed by atoms with E-state index in [1.165, 1.54) is 11.1 Å². The van der Waals surface area contributed by atoms with Crippen LogP contribution < -0.4 is 0 Å². The molecule has 0 bridgehead atoms. The van der Waals surface area contributed by atoms with Gasteiger partial charge in [-0.3, -0.25) is 15.0 Å². The quantitative estimate of drug-likeness (QED) is 0.452. The molecule has 190 valence electrons. The average Bonchev–Trinajstić information content (AvgIpc) is 3.54. The number of hydrogen-bond donors (Lipinski definition) is 1. The summed E-state index contributed by atoms with van der Waals surface area (Å²) in [5.74, 6) is -0.444. The van der Waals surface area contributed by atoms with Gasteiger partial charge in [0.05, 0.1) is 37.4 Å². The Labute approximate surface area is 216 Å². The molecule has 0 saturated carbocycles. The number of carbonyl (C=O) groups is 3. The Balaban J connectivity index is 1.32. The van der Waals surface area contributed by atoms with E-state index in [2.05, 4.69) is 10.1 Å². The molecule has 12 heteroatoms. The molecule has 0 atom stereocenters. The summed E-state index contributed by atoms with van der Waals surface area (Å²) in [6.07, 6.45) is 1.49. The minimum absolute atomic E-state index is 0.00929. The Kier molecular flexibility index (Phi) is 7.01. The first kappa shape index (κ1) is 24.7. The molecule has 5 rings (SSSR count). The van der Waals surface area contributed by atoms with Crippen molar-refractivity contribution in [2.24, 2.45) is 10.1 Å². The monoisotopic (exact) mass is 521 g/mol. The molecule has 3 aliphatic heterocycles. The van der Waals surface area contributed by atoms with E-state index < -0.39 is 11.9 Å². The molecule has 4 heterocycles. The van der Waals surface area contributed by atoms with E-state index >= 15 is 0 Å². The van der Waals surface area contributed by atoms with Gasteiger partial charge in [-0.25, -0.2) is 4.79 Å². The number of rotatable bonds is 6. The van der Waals surface area contributed by atoms with Crippen LogP contribution in [0.1, 0.15) is 29.5 Å². The molecule has 0 spiro atoms. The highest BCUT2D eigenvalue weighted by molar-refractivity contribution is 8.27. The second kappa shape index (κ2) is 10.5. The minimum atomic E-state index is -0.595. The molecular weight excluding hydrogens is 498 g/mol. The van der Waals surface area contributed by atoms with Gasteiger partial charge in [0.1, 0.15) is 16.6 Å². The van der Waals surface area contributed by atoms with Crippen molar-refractivity contribution in [2.75, 3.05) is 32.9 Å². The van der Waals surface area contributed by atoms with Crippen molar-refractivity contribution in [1.29, 1.82) is 5.41 Å². The van der Waals surface area contributed by atoms with Gasteiger partial charge in [0.15, 0.2) is 5.84 Å². The van der Waals surface area contributed by atoms with Gasteiger partial charge in [-0.2, -0.15) is 15.1 Å². The molecule has 1 saturated heterocycles. The highest BCUT2D eigenvalue weighted by atomic mass is 32.2. The number of nitrogens with one attached hydrogen (secondary N) is 1. The number of nitrogens with zero attached hydrogens (tertiary/aromatic N) is 4. The number of fused-ring (bicyclic) bond motifs is 1. The van der Waals surface area contributed by atoms with Crippen LogP contribution in [0.3, 0.4) is 0 Å². The summed E-state index contributed by atoms with van der Waals surface area (Å²) in [7, 11) is 0. The molecule has 2 aromatic rings. The van der Waals surface area contributed by atoms with Gasteiger partial charge in [0.25, 0.3) is 5.91 Å². The summed E-state index contributed by atoms with van der Waals surface area (Å²) in [5, 5.41) is 14.9. The topological polar surface area (TPSA) is 138 Å². The van der Waals surface area contributed by atoms with E-state index in [4.69, 9.17) is 19.3 Å². The maximum Gasteiger partial charge on any atom is 0.338 e.